The number of nitrogens with one attached hydrogen (secondary N) is 1. The summed E-state index contributed by atoms with van der Waals surface area (Å²) in [7, 11) is 0. The Morgan fingerprint density at radius 3 is 2.71 bits per heavy atom. The van der Waals surface area contributed by atoms with Crippen LogP contribution in [0.25, 0.3) is 0 Å². The molecule has 3 N–H and O–H groups in total. The van der Waals surface area contributed by atoms with Gasteiger partial charge in [0.05, 0.1) is 0 Å². The van der Waals surface area contributed by atoms with Crippen molar-refractivity contribution in [1.82, 2.24) is 0 Å². The van der Waals surface area contributed by atoms with Gasteiger partial charge < -0.3 is 11.1 Å². The van der Waals surface area contributed by atoms with E-state index in [2.05, 4.69) is 16.8 Å². The van der Waals surface area contributed by atoms with Crippen LogP contribution in [0, 0.1) is 6.92 Å². The van der Waals surface area contributed by atoms with Gasteiger partial charge in [-0.15, -0.1) is 0 Å². The molecule has 0 aliphatic carbocycles. The molecule has 0 amide bonds. The summed E-state index contributed by atoms with van der Waals surface area (Å²) in [5.41, 5.74) is 9.88. The zero-order chi connectivity index (χ0) is 9.97. The second kappa shape index (κ2) is 3.72. The molecule has 2 aromatic rings. The lowest BCUT2D eigenvalue weighted by molar-refractivity contribution is 1.45. The number of nitrogen functional groups attached to an aromatic ring is 1. The van der Waals surface area contributed by atoms with Crippen molar-refractivity contribution in [3.8, 4) is 0 Å². The Kier molecular flexibility index (Phi) is 2.41. The Labute approximate surface area is 87.4 Å². The lowest BCUT2D eigenvalue weighted by Crippen LogP contribution is -1.92. The molecule has 0 radical (unpaired) electrons. The number of rotatable bonds is 2. The molecule has 2 rings (SSSR count). The van der Waals surface area contributed by atoms with Crippen LogP contribution in [0.1, 0.15) is 5.56 Å². The van der Waals surface area contributed by atoms with Crippen LogP contribution in [0.5, 0.6) is 0 Å². The van der Waals surface area contributed by atoms with Crippen molar-refractivity contribution in [1.29, 1.82) is 0 Å². The average molecular weight is 204 g/mol. The van der Waals surface area contributed by atoms with Crippen molar-refractivity contribution in [2.75, 3.05) is 11.1 Å². The second-order valence-corrected chi connectivity index (χ2v) is 3.99. The van der Waals surface area contributed by atoms with E-state index in [0.717, 1.165) is 22.6 Å². The third-order valence-electron chi connectivity index (χ3n) is 2.08. The molecule has 0 fully saturated rings. The van der Waals surface area contributed by atoms with Crippen molar-refractivity contribution in [3.05, 3.63) is 40.6 Å². The van der Waals surface area contributed by atoms with Crippen molar-refractivity contribution in [2.24, 2.45) is 0 Å². The van der Waals surface area contributed by atoms with Crippen molar-refractivity contribution in [2.45, 2.75) is 6.92 Å². The molecule has 3 heteroatoms. The predicted octanol–water partition coefficient (Wildman–Crippen LogP) is 3.38. The van der Waals surface area contributed by atoms with E-state index in [0.29, 0.717) is 0 Å². The van der Waals surface area contributed by atoms with Crippen molar-refractivity contribution in [3.63, 3.8) is 0 Å². The average Bonchev–Trinajstić information content (AvgIpc) is 2.64. The molecule has 0 saturated carbocycles. The maximum Gasteiger partial charge on any atom is 0.0492 e. The van der Waals surface area contributed by atoms with Gasteiger partial charge >= 0.3 is 0 Å². The number of anilines is 3. The van der Waals surface area contributed by atoms with Gasteiger partial charge in [-0.25, -0.2) is 0 Å². The smallest absolute Gasteiger partial charge is 0.0492 e. The van der Waals surface area contributed by atoms with E-state index in [1.807, 2.05) is 30.5 Å². The molecule has 2 nitrogen and oxygen atoms in total. The van der Waals surface area contributed by atoms with Gasteiger partial charge in [-0.1, -0.05) is 0 Å². The van der Waals surface area contributed by atoms with Crippen LogP contribution < -0.4 is 11.1 Å². The molecule has 0 bridgehead atoms. The minimum absolute atomic E-state index is 0.834. The molecule has 72 valence electrons. The molecule has 0 atom stereocenters. The van der Waals surface area contributed by atoms with Crippen LogP contribution in [-0.4, -0.2) is 0 Å². The topological polar surface area (TPSA) is 38.0 Å². The molecule has 0 saturated heterocycles. The molecule has 0 unspecified atom stereocenters. The first-order valence-corrected chi connectivity index (χ1v) is 5.35. The van der Waals surface area contributed by atoms with Crippen LogP contribution in [-0.2, 0) is 0 Å². The van der Waals surface area contributed by atoms with Gasteiger partial charge in [-0.05, 0) is 42.1 Å². The first kappa shape index (κ1) is 9.09. The van der Waals surface area contributed by atoms with Crippen LogP contribution >= 0.6 is 11.3 Å². The third kappa shape index (κ3) is 1.88. The number of hydrogen-bond donors (Lipinski definition) is 2. The molecule has 0 aliphatic rings. The molecule has 14 heavy (non-hydrogen) atoms. The van der Waals surface area contributed by atoms with Gasteiger partial charge in [0.15, 0.2) is 0 Å². The lowest BCUT2D eigenvalue weighted by Gasteiger charge is -2.06. The van der Waals surface area contributed by atoms with E-state index in [4.69, 9.17) is 5.73 Å². The van der Waals surface area contributed by atoms with E-state index in [9.17, 15) is 0 Å². The maximum absolute atomic E-state index is 5.74. The Hall–Kier alpha value is -1.48. The monoisotopic (exact) mass is 204 g/mol. The molecule has 1 heterocycles. The van der Waals surface area contributed by atoms with E-state index in [1.54, 1.807) is 11.3 Å². The standard InChI is InChI=1S/C11H12N2S/c1-8-6-9(2-3-11(8)12)13-10-4-5-14-7-10/h2-7,13H,12H2,1H3. The number of benzene rings is 1. The van der Waals surface area contributed by atoms with Crippen LogP contribution in [0.2, 0.25) is 0 Å². The SMILES string of the molecule is Cc1cc(Nc2ccsc2)ccc1N. The van der Waals surface area contributed by atoms with Crippen LogP contribution in [0.4, 0.5) is 17.1 Å². The van der Waals surface area contributed by atoms with Gasteiger partial charge in [0.2, 0.25) is 0 Å². The van der Waals surface area contributed by atoms with Crippen LogP contribution in [0.3, 0.4) is 0 Å². The fourth-order valence-electron chi connectivity index (χ4n) is 1.26. The fourth-order valence-corrected chi connectivity index (χ4v) is 1.84. The summed E-state index contributed by atoms with van der Waals surface area (Å²) in [5.74, 6) is 0. The summed E-state index contributed by atoms with van der Waals surface area (Å²) in [4.78, 5) is 0. The Bertz CT molecular complexity index is 421. The highest BCUT2D eigenvalue weighted by atomic mass is 32.1. The third-order valence-corrected chi connectivity index (χ3v) is 2.76. The molecule has 0 aliphatic heterocycles. The summed E-state index contributed by atoms with van der Waals surface area (Å²) in [6.07, 6.45) is 0. The van der Waals surface area contributed by atoms with Gasteiger partial charge in [0.25, 0.3) is 0 Å². The first-order chi connectivity index (χ1) is 6.75. The minimum Gasteiger partial charge on any atom is -0.399 e. The minimum atomic E-state index is 0.834. The summed E-state index contributed by atoms with van der Waals surface area (Å²) in [6, 6.07) is 8.01. The lowest BCUT2D eigenvalue weighted by atomic mass is 10.2. The van der Waals surface area contributed by atoms with Gasteiger partial charge in [-0.3, -0.25) is 0 Å². The van der Waals surface area contributed by atoms with E-state index in [1.165, 1.54) is 0 Å². The van der Waals surface area contributed by atoms with Crippen LogP contribution in [0.15, 0.2) is 35.0 Å². The summed E-state index contributed by atoms with van der Waals surface area (Å²) >= 11 is 1.68. The zero-order valence-corrected chi connectivity index (χ0v) is 8.77. The molecule has 1 aromatic heterocycles. The van der Waals surface area contributed by atoms with E-state index >= 15 is 0 Å². The highest BCUT2D eigenvalue weighted by molar-refractivity contribution is 7.08. The Morgan fingerprint density at radius 1 is 1.21 bits per heavy atom. The number of hydrogen-bond acceptors (Lipinski definition) is 3. The fraction of sp³-hybridized carbons (Fsp3) is 0.0909. The number of nitrogens with two attached hydrogens (primary N) is 1. The number of aryl methyl sites for hydroxylation is 1. The summed E-state index contributed by atoms with van der Waals surface area (Å²) in [5, 5.41) is 7.43. The van der Waals surface area contributed by atoms with Crippen molar-refractivity contribution < 1.29 is 0 Å². The van der Waals surface area contributed by atoms with E-state index < -0.39 is 0 Å². The predicted molar refractivity (Wildman–Crippen MR) is 63.2 cm³/mol. The quantitative estimate of drug-likeness (QED) is 0.736. The second-order valence-electron chi connectivity index (χ2n) is 3.21. The summed E-state index contributed by atoms with van der Waals surface area (Å²) in [6.45, 7) is 2.01. The van der Waals surface area contributed by atoms with Gasteiger partial charge in [0.1, 0.15) is 0 Å². The van der Waals surface area contributed by atoms with Gasteiger partial charge in [0, 0.05) is 22.4 Å². The Morgan fingerprint density at radius 2 is 2.07 bits per heavy atom. The highest BCUT2D eigenvalue weighted by Gasteiger charge is 1.97. The largest absolute Gasteiger partial charge is 0.399 e. The Balaban J connectivity index is 2.22. The normalized spacial score (nSPS) is 10.1. The maximum atomic E-state index is 5.74. The highest BCUT2D eigenvalue weighted by Crippen LogP contribution is 2.22. The summed E-state index contributed by atoms with van der Waals surface area (Å²) < 4.78 is 0. The number of thiophene rings is 1. The van der Waals surface area contributed by atoms with E-state index in [-0.39, 0.29) is 0 Å². The van der Waals surface area contributed by atoms with Crippen molar-refractivity contribution >= 4 is 28.4 Å². The van der Waals surface area contributed by atoms with Gasteiger partial charge in [-0.2, -0.15) is 11.3 Å². The molecule has 1 aromatic carbocycles. The zero-order valence-electron chi connectivity index (χ0n) is 7.95. The molecule has 0 spiro atoms. The molecular formula is C11H12N2S. The molecular weight excluding hydrogens is 192 g/mol. The first-order valence-electron chi connectivity index (χ1n) is 4.41.